The molecule has 2 aromatic rings. The van der Waals surface area contributed by atoms with E-state index < -0.39 is 17.7 Å². The van der Waals surface area contributed by atoms with Gasteiger partial charge >= 0.3 is 0 Å². The van der Waals surface area contributed by atoms with Gasteiger partial charge in [-0.25, -0.2) is 8.78 Å². The fourth-order valence-corrected chi connectivity index (χ4v) is 1.57. The van der Waals surface area contributed by atoms with Crippen molar-refractivity contribution in [2.75, 3.05) is 0 Å². The predicted molar refractivity (Wildman–Crippen MR) is 59.3 cm³/mol. The van der Waals surface area contributed by atoms with Crippen LogP contribution >= 0.6 is 0 Å². The second-order valence-corrected chi connectivity index (χ2v) is 3.73. The van der Waals surface area contributed by atoms with Gasteiger partial charge in [0.25, 0.3) is 0 Å². The van der Waals surface area contributed by atoms with Crippen molar-refractivity contribution in [2.24, 2.45) is 0 Å². The molecule has 17 heavy (non-hydrogen) atoms. The molecule has 1 N–H and O–H groups in total. The van der Waals surface area contributed by atoms with Crippen molar-refractivity contribution in [3.05, 3.63) is 47.7 Å². The van der Waals surface area contributed by atoms with Crippen LogP contribution in [-0.4, -0.2) is 5.11 Å². The number of hydrogen-bond acceptors (Lipinski definition) is 2. The van der Waals surface area contributed by atoms with Gasteiger partial charge in [0.2, 0.25) is 0 Å². The largest absolute Gasteiger partial charge is 0.458 e. The van der Waals surface area contributed by atoms with Crippen LogP contribution in [0.5, 0.6) is 0 Å². The number of rotatable bonds is 3. The summed E-state index contributed by atoms with van der Waals surface area (Å²) in [6.45, 7) is 1.80. The Hall–Kier alpha value is -1.68. The SMILES string of the molecule is CCC(O)c1ccc(-c2cccc(F)c2F)o1. The molecule has 0 aliphatic heterocycles. The monoisotopic (exact) mass is 238 g/mol. The molecule has 0 amide bonds. The number of halogens is 2. The van der Waals surface area contributed by atoms with Gasteiger partial charge in [-0.2, -0.15) is 0 Å². The van der Waals surface area contributed by atoms with E-state index >= 15 is 0 Å². The number of aliphatic hydroxyl groups excluding tert-OH is 1. The summed E-state index contributed by atoms with van der Waals surface area (Å²) >= 11 is 0. The minimum atomic E-state index is -0.945. The van der Waals surface area contributed by atoms with Gasteiger partial charge in [0.05, 0.1) is 5.56 Å². The first-order valence-electron chi connectivity index (χ1n) is 5.35. The molecular formula is C13H12F2O2. The van der Waals surface area contributed by atoms with Crippen molar-refractivity contribution in [3.8, 4) is 11.3 Å². The van der Waals surface area contributed by atoms with Crippen LogP contribution in [0.2, 0.25) is 0 Å². The van der Waals surface area contributed by atoms with Gasteiger partial charge in [0.15, 0.2) is 11.6 Å². The Morgan fingerprint density at radius 1 is 1.24 bits per heavy atom. The van der Waals surface area contributed by atoms with Crippen molar-refractivity contribution in [1.82, 2.24) is 0 Å². The quantitative estimate of drug-likeness (QED) is 0.885. The van der Waals surface area contributed by atoms with Crippen molar-refractivity contribution in [2.45, 2.75) is 19.4 Å². The molecule has 0 saturated heterocycles. The molecule has 0 aliphatic rings. The highest BCUT2D eigenvalue weighted by Gasteiger charge is 2.15. The molecule has 0 bridgehead atoms. The van der Waals surface area contributed by atoms with E-state index in [1.807, 2.05) is 0 Å². The lowest BCUT2D eigenvalue weighted by Crippen LogP contribution is -1.91. The van der Waals surface area contributed by atoms with Gasteiger partial charge in [-0.3, -0.25) is 0 Å². The maximum absolute atomic E-state index is 13.5. The van der Waals surface area contributed by atoms with Gasteiger partial charge in [-0.1, -0.05) is 13.0 Å². The summed E-state index contributed by atoms with van der Waals surface area (Å²) in [5.74, 6) is -1.30. The van der Waals surface area contributed by atoms with E-state index in [1.54, 1.807) is 13.0 Å². The Labute approximate surface area is 97.5 Å². The van der Waals surface area contributed by atoms with E-state index in [4.69, 9.17) is 4.42 Å². The van der Waals surface area contributed by atoms with Gasteiger partial charge in [-0.05, 0) is 30.7 Å². The summed E-state index contributed by atoms with van der Waals surface area (Å²) in [5, 5.41) is 9.55. The van der Waals surface area contributed by atoms with Crippen LogP contribution in [0.3, 0.4) is 0 Å². The Balaban J connectivity index is 2.40. The van der Waals surface area contributed by atoms with E-state index in [2.05, 4.69) is 0 Å². The highest BCUT2D eigenvalue weighted by molar-refractivity contribution is 5.58. The summed E-state index contributed by atoms with van der Waals surface area (Å²) < 4.78 is 31.8. The summed E-state index contributed by atoms with van der Waals surface area (Å²) in [5.41, 5.74) is 0.0551. The molecule has 0 radical (unpaired) electrons. The van der Waals surface area contributed by atoms with E-state index in [9.17, 15) is 13.9 Å². The van der Waals surface area contributed by atoms with E-state index in [-0.39, 0.29) is 11.3 Å². The van der Waals surface area contributed by atoms with Crippen LogP contribution in [0, 0.1) is 11.6 Å². The third-order valence-corrected chi connectivity index (χ3v) is 2.56. The maximum atomic E-state index is 13.5. The summed E-state index contributed by atoms with van der Waals surface area (Å²) in [7, 11) is 0. The average molecular weight is 238 g/mol. The van der Waals surface area contributed by atoms with E-state index in [0.29, 0.717) is 12.2 Å². The van der Waals surface area contributed by atoms with Crippen LogP contribution in [0.4, 0.5) is 8.78 Å². The molecule has 0 aliphatic carbocycles. The van der Waals surface area contributed by atoms with Crippen LogP contribution < -0.4 is 0 Å². The fraction of sp³-hybridized carbons (Fsp3) is 0.231. The van der Waals surface area contributed by atoms with Gasteiger partial charge < -0.3 is 9.52 Å². The van der Waals surface area contributed by atoms with Gasteiger partial charge in [0, 0.05) is 0 Å². The van der Waals surface area contributed by atoms with Crippen LogP contribution in [0.15, 0.2) is 34.7 Å². The third-order valence-electron chi connectivity index (χ3n) is 2.56. The Kier molecular flexibility index (Phi) is 3.24. The second-order valence-electron chi connectivity index (χ2n) is 3.73. The van der Waals surface area contributed by atoms with Crippen molar-refractivity contribution >= 4 is 0 Å². The molecule has 1 aromatic heterocycles. The lowest BCUT2D eigenvalue weighted by atomic mass is 10.1. The lowest BCUT2D eigenvalue weighted by Gasteiger charge is -2.03. The standard InChI is InChI=1S/C13H12F2O2/c1-2-10(16)12-7-6-11(17-12)8-4-3-5-9(14)13(8)15/h3-7,10,16H,2H2,1H3. The van der Waals surface area contributed by atoms with Crippen molar-refractivity contribution < 1.29 is 18.3 Å². The highest BCUT2D eigenvalue weighted by Crippen LogP contribution is 2.29. The lowest BCUT2D eigenvalue weighted by molar-refractivity contribution is 0.146. The molecule has 4 heteroatoms. The zero-order chi connectivity index (χ0) is 12.4. The Bertz CT molecular complexity index is 520. The summed E-state index contributed by atoms with van der Waals surface area (Å²) in [6.07, 6.45) is -0.223. The van der Waals surface area contributed by atoms with E-state index in [1.165, 1.54) is 18.2 Å². The first kappa shape index (κ1) is 11.8. The molecule has 0 fully saturated rings. The summed E-state index contributed by atoms with van der Waals surface area (Å²) in [6, 6.07) is 6.97. The van der Waals surface area contributed by atoms with E-state index in [0.717, 1.165) is 6.07 Å². The van der Waals surface area contributed by atoms with Gasteiger partial charge in [0.1, 0.15) is 17.6 Å². The predicted octanol–water partition coefficient (Wildman–Crippen LogP) is 3.67. The first-order chi connectivity index (χ1) is 8.13. The van der Waals surface area contributed by atoms with Gasteiger partial charge in [-0.15, -0.1) is 0 Å². The van der Waals surface area contributed by atoms with Crippen LogP contribution in [0.1, 0.15) is 25.2 Å². The molecule has 1 unspecified atom stereocenters. The topological polar surface area (TPSA) is 33.4 Å². The maximum Gasteiger partial charge on any atom is 0.169 e. The molecular weight excluding hydrogens is 226 g/mol. The summed E-state index contributed by atoms with van der Waals surface area (Å²) in [4.78, 5) is 0. The first-order valence-corrected chi connectivity index (χ1v) is 5.35. The highest BCUT2D eigenvalue weighted by atomic mass is 19.2. The van der Waals surface area contributed by atoms with Crippen LogP contribution in [-0.2, 0) is 0 Å². The normalized spacial score (nSPS) is 12.7. The molecule has 0 saturated carbocycles. The minimum Gasteiger partial charge on any atom is -0.458 e. The molecule has 90 valence electrons. The van der Waals surface area contributed by atoms with Crippen molar-refractivity contribution in [3.63, 3.8) is 0 Å². The van der Waals surface area contributed by atoms with Crippen LogP contribution in [0.25, 0.3) is 11.3 Å². The number of hydrogen-bond donors (Lipinski definition) is 1. The second kappa shape index (κ2) is 4.67. The Morgan fingerprint density at radius 3 is 2.71 bits per heavy atom. The number of furan rings is 1. The molecule has 1 aromatic carbocycles. The Morgan fingerprint density at radius 2 is 2.00 bits per heavy atom. The molecule has 0 spiro atoms. The smallest absolute Gasteiger partial charge is 0.169 e. The molecule has 1 atom stereocenters. The van der Waals surface area contributed by atoms with Crippen molar-refractivity contribution in [1.29, 1.82) is 0 Å². The average Bonchev–Trinajstić information content (AvgIpc) is 2.81. The fourth-order valence-electron chi connectivity index (χ4n) is 1.57. The minimum absolute atomic E-state index is 0.0551. The molecule has 1 heterocycles. The molecule has 2 nitrogen and oxygen atoms in total. The number of aliphatic hydroxyl groups is 1. The number of benzene rings is 1. The molecule has 2 rings (SSSR count). The third kappa shape index (κ3) is 2.22. The zero-order valence-electron chi connectivity index (χ0n) is 9.28. The zero-order valence-corrected chi connectivity index (χ0v) is 9.28.